The topological polar surface area (TPSA) is 105 Å². The molecule has 3 unspecified atom stereocenters. The van der Waals surface area contributed by atoms with Gasteiger partial charge in [0.15, 0.2) is 0 Å². The van der Waals surface area contributed by atoms with E-state index in [1.165, 1.54) is 308 Å². The van der Waals surface area contributed by atoms with Gasteiger partial charge < -0.3 is 19.8 Å². The number of hydrogen-bond donors (Lipinski definition) is 3. The summed E-state index contributed by atoms with van der Waals surface area (Å²) >= 11 is 0. The van der Waals surface area contributed by atoms with E-state index in [2.05, 4.69) is 43.5 Å². The SMILES string of the molecule is CCCCCCC/C=C\C/C=C\CCCCCCCCCCCCCCCCCCCCCCCCCC(=O)NC(COP(=O)(O)OCC[N+](C)(C)C)C(O)/C=C/CCCCCCCCCCCCCCCCCCCCCCCC. The number of aliphatic hydroxyl groups excluding tert-OH is 1. The van der Waals surface area contributed by atoms with Crippen molar-refractivity contribution in [2.45, 2.75) is 379 Å². The Bertz CT molecular complexity index is 1410. The Balaban J connectivity index is 3.99. The smallest absolute Gasteiger partial charge is 0.387 e. The highest BCUT2D eigenvalue weighted by atomic mass is 31.2. The first kappa shape index (κ1) is 79.7. The van der Waals surface area contributed by atoms with Gasteiger partial charge in [-0.2, -0.15) is 0 Å². The Kier molecular flexibility index (Phi) is 62.2. The second-order valence-corrected chi connectivity index (χ2v) is 27.4. The molecule has 0 fully saturated rings. The van der Waals surface area contributed by atoms with Gasteiger partial charge in [-0.1, -0.05) is 346 Å². The number of quaternary nitrogens is 1. The third-order valence-corrected chi connectivity index (χ3v) is 17.6. The Labute approximate surface area is 506 Å². The van der Waals surface area contributed by atoms with E-state index in [-0.39, 0.29) is 19.1 Å². The average Bonchev–Trinajstić information content (AvgIpc) is 3.43. The van der Waals surface area contributed by atoms with Crippen LogP contribution in [0.15, 0.2) is 36.5 Å². The summed E-state index contributed by atoms with van der Waals surface area (Å²) in [5.74, 6) is -0.169. The van der Waals surface area contributed by atoms with E-state index < -0.39 is 20.0 Å². The molecule has 0 aromatic heterocycles. The van der Waals surface area contributed by atoms with Gasteiger partial charge in [-0.05, 0) is 51.4 Å². The average molecular weight is 1160 g/mol. The zero-order chi connectivity index (χ0) is 59.1. The zero-order valence-electron chi connectivity index (χ0n) is 55.1. The molecule has 0 saturated carbocycles. The molecule has 0 spiro atoms. The lowest BCUT2D eigenvalue weighted by Gasteiger charge is -2.25. The molecule has 0 rings (SSSR count). The quantitative estimate of drug-likeness (QED) is 0.0243. The van der Waals surface area contributed by atoms with E-state index in [4.69, 9.17) is 9.05 Å². The van der Waals surface area contributed by atoms with Gasteiger partial charge in [0.1, 0.15) is 13.2 Å². The number of nitrogens with one attached hydrogen (secondary N) is 1. The number of unbranched alkanes of at least 4 members (excludes halogenated alkanes) is 50. The number of aliphatic hydroxyl groups is 1. The normalized spacial score (nSPS) is 13.8. The number of carbonyl (C=O) groups is 1. The van der Waals surface area contributed by atoms with Crippen molar-refractivity contribution in [2.24, 2.45) is 0 Å². The molecule has 8 nitrogen and oxygen atoms in total. The number of allylic oxidation sites excluding steroid dienone is 5. The summed E-state index contributed by atoms with van der Waals surface area (Å²) < 4.78 is 23.8. The van der Waals surface area contributed by atoms with E-state index in [0.29, 0.717) is 17.4 Å². The number of hydrogen-bond acceptors (Lipinski definition) is 5. The van der Waals surface area contributed by atoms with E-state index in [9.17, 15) is 19.4 Å². The fourth-order valence-corrected chi connectivity index (χ4v) is 11.8. The molecule has 3 N–H and O–H groups in total. The molecule has 81 heavy (non-hydrogen) atoms. The van der Waals surface area contributed by atoms with Gasteiger partial charge in [0.25, 0.3) is 0 Å². The van der Waals surface area contributed by atoms with Crippen LogP contribution in [-0.2, 0) is 18.4 Å². The molecule has 0 aliphatic rings. The molecule has 0 aliphatic heterocycles. The van der Waals surface area contributed by atoms with Crippen LogP contribution >= 0.6 is 7.82 Å². The first-order valence-electron chi connectivity index (χ1n) is 35.9. The van der Waals surface area contributed by atoms with Crippen molar-refractivity contribution < 1.29 is 32.9 Å². The number of phosphoric acid groups is 1. The summed E-state index contributed by atoms with van der Waals surface area (Å²) in [6, 6.07) is -0.846. The van der Waals surface area contributed by atoms with Crippen molar-refractivity contribution in [3.8, 4) is 0 Å². The van der Waals surface area contributed by atoms with Crippen molar-refractivity contribution in [2.75, 3.05) is 40.9 Å². The molecule has 0 bridgehead atoms. The first-order valence-corrected chi connectivity index (χ1v) is 37.4. The summed E-state index contributed by atoms with van der Waals surface area (Å²) in [5.41, 5.74) is 0. The summed E-state index contributed by atoms with van der Waals surface area (Å²) in [5, 5.41) is 14.0. The highest BCUT2D eigenvalue weighted by Crippen LogP contribution is 2.43. The molecular weight excluding hydrogens is 1020 g/mol. The second kappa shape index (κ2) is 63.2. The van der Waals surface area contributed by atoms with Gasteiger partial charge in [0.2, 0.25) is 5.91 Å². The third kappa shape index (κ3) is 66.1. The molecule has 0 aliphatic carbocycles. The maximum Gasteiger partial charge on any atom is 0.472 e. The summed E-state index contributed by atoms with van der Waals surface area (Å²) in [7, 11) is 1.59. The Morgan fingerprint density at radius 2 is 0.704 bits per heavy atom. The van der Waals surface area contributed by atoms with E-state index in [1.54, 1.807) is 6.08 Å². The standard InChI is InChI=1S/C72H141N2O6P/c1-6-8-10-12-14-16-18-20-22-24-26-28-30-32-33-34-35-36-37-38-39-40-41-42-44-46-48-50-52-54-56-58-60-62-64-66-72(76)73-70(69-80-81(77,78)79-68-67-74(3,4)5)71(75)65-63-61-59-57-55-53-51-49-47-45-43-31-29-27-25-23-21-19-17-15-13-11-9-7-2/h18,20,24,26,63,65,70-71,75H,6-17,19,21-23,25,27-62,64,66-69H2,1-5H3,(H-,73,76,77,78)/p+1/b20-18-,26-24-,65-63+. The minimum absolute atomic E-state index is 0.0640. The molecule has 1 amide bonds. The van der Waals surface area contributed by atoms with E-state index in [0.717, 1.165) is 38.5 Å². The first-order chi connectivity index (χ1) is 39.5. The largest absolute Gasteiger partial charge is 0.472 e. The van der Waals surface area contributed by atoms with Crippen LogP contribution in [0.3, 0.4) is 0 Å². The Morgan fingerprint density at radius 3 is 1.01 bits per heavy atom. The van der Waals surface area contributed by atoms with Crippen LogP contribution in [-0.4, -0.2) is 73.4 Å². The maximum atomic E-state index is 13.1. The molecule has 0 heterocycles. The number of phosphoric ester groups is 1. The molecule has 9 heteroatoms. The van der Waals surface area contributed by atoms with Gasteiger partial charge in [-0.25, -0.2) is 4.57 Å². The fourth-order valence-electron chi connectivity index (χ4n) is 11.0. The fraction of sp³-hybridized carbons (Fsp3) is 0.903. The summed E-state index contributed by atoms with van der Waals surface area (Å²) in [4.78, 5) is 23.4. The highest BCUT2D eigenvalue weighted by Gasteiger charge is 2.28. The number of amides is 1. The minimum Gasteiger partial charge on any atom is -0.387 e. The lowest BCUT2D eigenvalue weighted by molar-refractivity contribution is -0.870. The highest BCUT2D eigenvalue weighted by molar-refractivity contribution is 7.47. The van der Waals surface area contributed by atoms with Gasteiger partial charge in [0, 0.05) is 6.42 Å². The van der Waals surface area contributed by atoms with Crippen LogP contribution in [0, 0.1) is 0 Å². The molecule has 0 aromatic carbocycles. The van der Waals surface area contributed by atoms with Crippen LogP contribution in [0.2, 0.25) is 0 Å². The summed E-state index contributed by atoms with van der Waals surface area (Å²) in [6.45, 7) is 4.86. The van der Waals surface area contributed by atoms with Crippen LogP contribution in [0.25, 0.3) is 0 Å². The lowest BCUT2D eigenvalue weighted by Crippen LogP contribution is -2.45. The summed E-state index contributed by atoms with van der Waals surface area (Å²) in [6.07, 6.45) is 84.4. The van der Waals surface area contributed by atoms with Gasteiger partial charge in [0.05, 0.1) is 39.9 Å². The van der Waals surface area contributed by atoms with Crippen LogP contribution in [0.4, 0.5) is 0 Å². The van der Waals surface area contributed by atoms with Crippen LogP contribution < -0.4 is 5.32 Å². The number of carbonyl (C=O) groups excluding carboxylic acids is 1. The van der Waals surface area contributed by atoms with Crippen molar-refractivity contribution in [3.05, 3.63) is 36.5 Å². The molecule has 0 saturated heterocycles. The number of likely N-dealkylation sites (N-methyl/N-ethyl adjacent to an activating group) is 1. The third-order valence-electron chi connectivity index (χ3n) is 16.6. The lowest BCUT2D eigenvalue weighted by atomic mass is 10.0. The molecule has 480 valence electrons. The predicted molar refractivity (Wildman–Crippen MR) is 355 cm³/mol. The number of nitrogens with zero attached hydrogens (tertiary/aromatic N) is 1. The van der Waals surface area contributed by atoms with Gasteiger partial charge in [-0.3, -0.25) is 13.8 Å². The number of rotatable bonds is 67. The van der Waals surface area contributed by atoms with Crippen molar-refractivity contribution >= 4 is 13.7 Å². The van der Waals surface area contributed by atoms with Crippen molar-refractivity contribution in [1.82, 2.24) is 5.32 Å². The van der Waals surface area contributed by atoms with Crippen LogP contribution in [0.5, 0.6) is 0 Å². The van der Waals surface area contributed by atoms with E-state index in [1.807, 2.05) is 27.2 Å². The molecule has 0 aromatic rings. The molecule has 0 radical (unpaired) electrons. The van der Waals surface area contributed by atoms with Crippen molar-refractivity contribution in [1.29, 1.82) is 0 Å². The van der Waals surface area contributed by atoms with E-state index >= 15 is 0 Å². The van der Waals surface area contributed by atoms with Gasteiger partial charge in [-0.15, -0.1) is 0 Å². The maximum absolute atomic E-state index is 13.1. The monoisotopic (exact) mass is 1160 g/mol. The Hall–Kier alpha value is -1.28. The molecule has 3 atom stereocenters. The zero-order valence-corrected chi connectivity index (χ0v) is 55.9. The van der Waals surface area contributed by atoms with Crippen LogP contribution in [0.1, 0.15) is 367 Å². The predicted octanol–water partition coefficient (Wildman–Crippen LogP) is 22.8. The van der Waals surface area contributed by atoms with Gasteiger partial charge >= 0.3 is 7.82 Å². The Morgan fingerprint density at radius 1 is 0.420 bits per heavy atom. The molecular formula is C72H142N2O6P+. The van der Waals surface area contributed by atoms with Crippen molar-refractivity contribution in [3.63, 3.8) is 0 Å². The minimum atomic E-state index is -4.35. The second-order valence-electron chi connectivity index (χ2n) is 26.0.